The molecule has 1 atom stereocenters. The van der Waals surface area contributed by atoms with Gasteiger partial charge in [-0.25, -0.2) is 14.4 Å². The number of aryl methyl sites for hydroxylation is 1. The highest BCUT2D eigenvalue weighted by Crippen LogP contribution is 2.23. The summed E-state index contributed by atoms with van der Waals surface area (Å²) in [6.07, 6.45) is 2.40. The number of benzene rings is 1. The predicted molar refractivity (Wildman–Crippen MR) is 78.3 cm³/mol. The van der Waals surface area contributed by atoms with Crippen LogP contribution in [0.1, 0.15) is 30.0 Å². The van der Waals surface area contributed by atoms with E-state index in [1.54, 1.807) is 12.3 Å². The lowest BCUT2D eigenvalue weighted by atomic mass is 10.0. The Bertz CT molecular complexity index is 589. The average molecular weight is 294 g/mol. The minimum Gasteiger partial charge on any atom is -0.309 e. The molecule has 0 saturated carbocycles. The summed E-state index contributed by atoms with van der Waals surface area (Å²) in [4.78, 5) is 8.55. The van der Waals surface area contributed by atoms with Gasteiger partial charge in [0.25, 0.3) is 0 Å². The minimum absolute atomic E-state index is 0.0321. The molecule has 2 aromatic rings. The summed E-state index contributed by atoms with van der Waals surface area (Å²) in [5.74, 6) is 0.409. The van der Waals surface area contributed by atoms with E-state index in [0.29, 0.717) is 11.4 Å². The lowest BCUT2D eigenvalue weighted by Crippen LogP contribution is -2.24. The van der Waals surface area contributed by atoms with Crippen LogP contribution in [0.4, 0.5) is 4.39 Å². The molecule has 0 radical (unpaired) electrons. The average Bonchev–Trinajstić information content (AvgIpc) is 2.41. The van der Waals surface area contributed by atoms with E-state index >= 15 is 0 Å². The van der Waals surface area contributed by atoms with Crippen molar-refractivity contribution in [1.82, 2.24) is 15.3 Å². The normalized spacial score (nSPS) is 12.4. The van der Waals surface area contributed by atoms with E-state index in [9.17, 15) is 4.39 Å². The van der Waals surface area contributed by atoms with Crippen LogP contribution >= 0.6 is 11.6 Å². The number of rotatable bonds is 5. The van der Waals surface area contributed by atoms with Crippen LogP contribution in [-0.4, -0.2) is 16.5 Å². The maximum absolute atomic E-state index is 13.1. The smallest absolute Gasteiger partial charge is 0.125 e. The molecule has 3 nitrogen and oxygen atoms in total. The Morgan fingerprint density at radius 2 is 2.15 bits per heavy atom. The highest BCUT2D eigenvalue weighted by Gasteiger charge is 2.15. The SMILES string of the molecule is CCNC(Cc1ccc(F)cc1Cl)c1ccnc(C)n1. The molecule has 5 heteroatoms. The van der Waals surface area contributed by atoms with Crippen molar-refractivity contribution in [3.63, 3.8) is 0 Å². The first kappa shape index (κ1) is 14.9. The number of nitrogens with one attached hydrogen (secondary N) is 1. The van der Waals surface area contributed by atoms with Crippen LogP contribution in [0.2, 0.25) is 5.02 Å². The fraction of sp³-hybridized carbons (Fsp3) is 0.333. The van der Waals surface area contributed by atoms with Gasteiger partial charge in [-0.2, -0.15) is 0 Å². The summed E-state index contributed by atoms with van der Waals surface area (Å²) in [7, 11) is 0. The van der Waals surface area contributed by atoms with Gasteiger partial charge in [-0.05, 0) is 43.7 Å². The summed E-state index contributed by atoms with van der Waals surface area (Å²) in [6, 6.07) is 6.40. The van der Waals surface area contributed by atoms with E-state index < -0.39 is 0 Å². The molecule has 20 heavy (non-hydrogen) atoms. The topological polar surface area (TPSA) is 37.8 Å². The maximum Gasteiger partial charge on any atom is 0.125 e. The fourth-order valence-corrected chi connectivity index (χ4v) is 2.35. The zero-order chi connectivity index (χ0) is 14.5. The zero-order valence-corrected chi connectivity index (χ0v) is 12.3. The molecule has 0 aliphatic heterocycles. The summed E-state index contributed by atoms with van der Waals surface area (Å²) in [5.41, 5.74) is 1.81. The van der Waals surface area contributed by atoms with E-state index in [0.717, 1.165) is 23.6 Å². The monoisotopic (exact) mass is 293 g/mol. The molecule has 1 unspecified atom stereocenters. The second-order valence-electron chi connectivity index (χ2n) is 4.58. The third-order valence-electron chi connectivity index (χ3n) is 3.04. The van der Waals surface area contributed by atoms with Crippen molar-refractivity contribution >= 4 is 11.6 Å². The molecule has 0 bridgehead atoms. The van der Waals surface area contributed by atoms with E-state index in [4.69, 9.17) is 11.6 Å². The van der Waals surface area contributed by atoms with E-state index in [2.05, 4.69) is 15.3 Å². The molecule has 2 rings (SSSR count). The Labute approximate surface area is 123 Å². The summed E-state index contributed by atoms with van der Waals surface area (Å²) < 4.78 is 13.1. The Morgan fingerprint density at radius 1 is 1.35 bits per heavy atom. The van der Waals surface area contributed by atoms with Gasteiger partial charge >= 0.3 is 0 Å². The number of nitrogens with zero attached hydrogens (tertiary/aromatic N) is 2. The molecule has 0 aliphatic carbocycles. The van der Waals surface area contributed by atoms with Gasteiger partial charge in [0.15, 0.2) is 0 Å². The highest BCUT2D eigenvalue weighted by molar-refractivity contribution is 6.31. The van der Waals surface area contributed by atoms with Crippen molar-refractivity contribution in [3.05, 3.63) is 58.4 Å². The van der Waals surface area contributed by atoms with Gasteiger partial charge in [0.05, 0.1) is 11.7 Å². The molecule has 1 aromatic heterocycles. The lowest BCUT2D eigenvalue weighted by Gasteiger charge is -2.18. The number of hydrogen-bond acceptors (Lipinski definition) is 3. The predicted octanol–water partition coefficient (Wildman–Crippen LogP) is 3.47. The van der Waals surface area contributed by atoms with Crippen LogP contribution in [0.25, 0.3) is 0 Å². The number of hydrogen-bond donors (Lipinski definition) is 1. The highest BCUT2D eigenvalue weighted by atomic mass is 35.5. The summed E-state index contributed by atoms with van der Waals surface area (Å²) in [6.45, 7) is 4.71. The molecule has 1 N–H and O–H groups in total. The molecule has 106 valence electrons. The second-order valence-corrected chi connectivity index (χ2v) is 4.99. The first-order valence-electron chi connectivity index (χ1n) is 6.57. The first-order chi connectivity index (χ1) is 9.60. The molecule has 0 saturated heterocycles. The van der Waals surface area contributed by atoms with Gasteiger partial charge in [0, 0.05) is 11.2 Å². The summed E-state index contributed by atoms with van der Waals surface area (Å²) in [5, 5.41) is 3.82. The van der Waals surface area contributed by atoms with Gasteiger partial charge in [0.1, 0.15) is 11.6 Å². The minimum atomic E-state index is -0.323. The van der Waals surface area contributed by atoms with Crippen LogP contribution in [0.3, 0.4) is 0 Å². The van der Waals surface area contributed by atoms with Crippen molar-refractivity contribution in [2.45, 2.75) is 26.3 Å². The number of halogens is 2. The van der Waals surface area contributed by atoms with E-state index in [1.165, 1.54) is 12.1 Å². The number of likely N-dealkylation sites (N-methyl/N-ethyl adjacent to an activating group) is 1. The third-order valence-corrected chi connectivity index (χ3v) is 3.40. The lowest BCUT2D eigenvalue weighted by molar-refractivity contribution is 0.533. The van der Waals surface area contributed by atoms with Crippen LogP contribution in [0.15, 0.2) is 30.5 Å². The van der Waals surface area contributed by atoms with Crippen molar-refractivity contribution in [1.29, 1.82) is 0 Å². The van der Waals surface area contributed by atoms with Crippen molar-refractivity contribution < 1.29 is 4.39 Å². The Kier molecular flexibility index (Phi) is 5.04. The van der Waals surface area contributed by atoms with E-state index in [-0.39, 0.29) is 11.9 Å². The number of aromatic nitrogens is 2. The quantitative estimate of drug-likeness (QED) is 0.917. The molecule has 0 spiro atoms. The van der Waals surface area contributed by atoms with Gasteiger partial charge in [0.2, 0.25) is 0 Å². The molecule has 0 amide bonds. The molecular weight excluding hydrogens is 277 g/mol. The van der Waals surface area contributed by atoms with Crippen molar-refractivity contribution in [2.75, 3.05) is 6.54 Å². The zero-order valence-electron chi connectivity index (χ0n) is 11.5. The van der Waals surface area contributed by atoms with Crippen molar-refractivity contribution in [2.24, 2.45) is 0 Å². The fourth-order valence-electron chi connectivity index (χ4n) is 2.10. The van der Waals surface area contributed by atoms with Crippen LogP contribution in [0, 0.1) is 12.7 Å². The first-order valence-corrected chi connectivity index (χ1v) is 6.94. The Morgan fingerprint density at radius 3 is 2.80 bits per heavy atom. The standard InChI is InChI=1S/C15H17ClFN3/c1-3-18-15(14-6-7-19-10(2)20-14)8-11-4-5-12(17)9-13(11)16/h4-7,9,15,18H,3,8H2,1-2H3. The molecule has 0 fully saturated rings. The van der Waals surface area contributed by atoms with Gasteiger partial charge in [-0.15, -0.1) is 0 Å². The van der Waals surface area contributed by atoms with Gasteiger partial charge < -0.3 is 5.32 Å². The van der Waals surface area contributed by atoms with Gasteiger partial charge in [-0.1, -0.05) is 24.6 Å². The molecule has 1 heterocycles. The van der Waals surface area contributed by atoms with Crippen LogP contribution in [-0.2, 0) is 6.42 Å². The molecule has 1 aromatic carbocycles. The Balaban J connectivity index is 2.25. The maximum atomic E-state index is 13.1. The van der Waals surface area contributed by atoms with E-state index in [1.807, 2.05) is 19.9 Å². The Hall–Kier alpha value is -1.52. The summed E-state index contributed by atoms with van der Waals surface area (Å²) >= 11 is 6.09. The molecule has 0 aliphatic rings. The second kappa shape index (κ2) is 6.77. The largest absolute Gasteiger partial charge is 0.309 e. The third kappa shape index (κ3) is 3.74. The van der Waals surface area contributed by atoms with Crippen molar-refractivity contribution in [3.8, 4) is 0 Å². The van der Waals surface area contributed by atoms with Gasteiger partial charge in [-0.3, -0.25) is 0 Å². The molecular formula is C15H17ClFN3. The van der Waals surface area contributed by atoms with Crippen LogP contribution < -0.4 is 5.32 Å². The van der Waals surface area contributed by atoms with Crippen LogP contribution in [0.5, 0.6) is 0 Å².